The second-order valence-corrected chi connectivity index (χ2v) is 6.61. The second-order valence-electron chi connectivity index (χ2n) is 6.61. The molecular weight excluding hydrogens is 260 g/mol. The van der Waals surface area contributed by atoms with Crippen molar-refractivity contribution < 1.29 is 19.4 Å². The fourth-order valence-electron chi connectivity index (χ4n) is 2.32. The van der Waals surface area contributed by atoms with Crippen LogP contribution in [-0.4, -0.2) is 64.8 Å². The molecule has 6 nitrogen and oxygen atoms in total. The highest BCUT2D eigenvalue weighted by atomic mass is 16.6. The van der Waals surface area contributed by atoms with Crippen LogP contribution in [0.25, 0.3) is 0 Å². The predicted octanol–water partition coefficient (Wildman–Crippen LogP) is 1.65. The van der Waals surface area contributed by atoms with Crippen LogP contribution in [0.4, 0.5) is 4.79 Å². The van der Waals surface area contributed by atoms with Crippen LogP contribution in [0.1, 0.15) is 34.6 Å². The molecule has 0 aromatic heterocycles. The summed E-state index contributed by atoms with van der Waals surface area (Å²) in [6.45, 7) is 11.3. The largest absolute Gasteiger partial charge is 0.480 e. The van der Waals surface area contributed by atoms with Crippen LogP contribution in [-0.2, 0) is 9.53 Å². The van der Waals surface area contributed by atoms with Crippen molar-refractivity contribution in [1.29, 1.82) is 0 Å². The van der Waals surface area contributed by atoms with Gasteiger partial charge in [-0.05, 0) is 26.7 Å². The van der Waals surface area contributed by atoms with Gasteiger partial charge < -0.3 is 14.7 Å². The molecule has 0 bridgehead atoms. The van der Waals surface area contributed by atoms with Crippen molar-refractivity contribution in [3.8, 4) is 0 Å². The lowest BCUT2D eigenvalue weighted by atomic mass is 10.00. The minimum absolute atomic E-state index is 0.0158. The molecule has 1 aliphatic rings. The molecule has 0 spiro atoms. The van der Waals surface area contributed by atoms with Crippen LogP contribution in [0.3, 0.4) is 0 Å². The monoisotopic (exact) mass is 286 g/mol. The first-order valence-electron chi connectivity index (χ1n) is 7.04. The SMILES string of the molecule is CC(C)[C@H]1CN(CC(=O)O)CCN1C(=O)OC(C)(C)C. The number of carboxylic acids is 1. The lowest BCUT2D eigenvalue weighted by Crippen LogP contribution is -2.58. The number of carbonyl (C=O) groups is 2. The van der Waals surface area contributed by atoms with E-state index in [1.807, 2.05) is 39.5 Å². The third kappa shape index (κ3) is 5.00. The summed E-state index contributed by atoms with van der Waals surface area (Å²) in [5, 5.41) is 8.87. The van der Waals surface area contributed by atoms with E-state index in [-0.39, 0.29) is 24.6 Å². The fraction of sp³-hybridized carbons (Fsp3) is 0.857. The van der Waals surface area contributed by atoms with Crippen molar-refractivity contribution >= 4 is 12.1 Å². The van der Waals surface area contributed by atoms with Crippen LogP contribution in [0.15, 0.2) is 0 Å². The van der Waals surface area contributed by atoms with Crippen LogP contribution in [0.5, 0.6) is 0 Å². The Morgan fingerprint density at radius 3 is 2.35 bits per heavy atom. The van der Waals surface area contributed by atoms with Gasteiger partial charge in [-0.3, -0.25) is 9.69 Å². The number of piperazine rings is 1. The average molecular weight is 286 g/mol. The van der Waals surface area contributed by atoms with E-state index in [1.165, 1.54) is 0 Å². The van der Waals surface area contributed by atoms with E-state index in [0.717, 1.165) is 0 Å². The van der Waals surface area contributed by atoms with Gasteiger partial charge in [-0.15, -0.1) is 0 Å². The van der Waals surface area contributed by atoms with Crippen LogP contribution < -0.4 is 0 Å². The molecule has 1 rings (SSSR count). The molecule has 1 aliphatic heterocycles. The average Bonchev–Trinajstić information content (AvgIpc) is 2.25. The first kappa shape index (κ1) is 16.8. The van der Waals surface area contributed by atoms with Gasteiger partial charge in [0, 0.05) is 19.6 Å². The molecule has 0 aromatic rings. The molecule has 20 heavy (non-hydrogen) atoms. The number of hydrogen-bond acceptors (Lipinski definition) is 4. The van der Waals surface area contributed by atoms with E-state index in [9.17, 15) is 9.59 Å². The summed E-state index contributed by atoms with van der Waals surface area (Å²) >= 11 is 0. The highest BCUT2D eigenvalue weighted by molar-refractivity contribution is 5.70. The lowest BCUT2D eigenvalue weighted by molar-refractivity contribution is -0.139. The van der Waals surface area contributed by atoms with E-state index >= 15 is 0 Å². The number of ether oxygens (including phenoxy) is 1. The van der Waals surface area contributed by atoms with Crippen LogP contribution in [0, 0.1) is 5.92 Å². The molecule has 0 unspecified atom stereocenters. The number of carbonyl (C=O) groups excluding carboxylic acids is 1. The zero-order valence-electron chi connectivity index (χ0n) is 13.0. The minimum Gasteiger partial charge on any atom is -0.480 e. The Morgan fingerprint density at radius 1 is 1.30 bits per heavy atom. The highest BCUT2D eigenvalue weighted by Crippen LogP contribution is 2.20. The lowest BCUT2D eigenvalue weighted by Gasteiger charge is -2.43. The highest BCUT2D eigenvalue weighted by Gasteiger charge is 2.35. The van der Waals surface area contributed by atoms with E-state index in [0.29, 0.717) is 19.6 Å². The van der Waals surface area contributed by atoms with E-state index in [1.54, 1.807) is 4.90 Å². The van der Waals surface area contributed by atoms with Crippen LogP contribution in [0.2, 0.25) is 0 Å². The van der Waals surface area contributed by atoms with Gasteiger partial charge in [-0.1, -0.05) is 13.8 Å². The number of nitrogens with zero attached hydrogens (tertiary/aromatic N) is 2. The Kier molecular flexibility index (Phi) is 5.39. The molecule has 1 atom stereocenters. The summed E-state index contributed by atoms with van der Waals surface area (Å²) in [6.07, 6.45) is -0.314. The fourth-order valence-corrected chi connectivity index (χ4v) is 2.32. The van der Waals surface area contributed by atoms with Crippen molar-refractivity contribution in [1.82, 2.24) is 9.80 Å². The first-order chi connectivity index (χ1) is 9.10. The van der Waals surface area contributed by atoms with Crippen molar-refractivity contribution in [2.24, 2.45) is 5.92 Å². The molecule has 0 aromatic carbocycles. The van der Waals surface area contributed by atoms with Crippen molar-refractivity contribution in [2.45, 2.75) is 46.3 Å². The summed E-state index contributed by atoms with van der Waals surface area (Å²) in [5.41, 5.74) is -0.517. The normalized spacial score (nSPS) is 21.1. The Balaban J connectivity index is 2.72. The molecule has 1 saturated heterocycles. The Bertz CT molecular complexity index is 363. The van der Waals surface area contributed by atoms with Gasteiger partial charge in [0.25, 0.3) is 0 Å². The van der Waals surface area contributed by atoms with Gasteiger partial charge in [0.2, 0.25) is 0 Å². The summed E-state index contributed by atoms with van der Waals surface area (Å²) in [5.74, 6) is -0.586. The summed E-state index contributed by atoms with van der Waals surface area (Å²) in [4.78, 5) is 26.6. The van der Waals surface area contributed by atoms with Gasteiger partial charge >= 0.3 is 12.1 Å². The topological polar surface area (TPSA) is 70.1 Å². The maximum atomic E-state index is 12.2. The van der Waals surface area contributed by atoms with Gasteiger partial charge in [-0.2, -0.15) is 0 Å². The van der Waals surface area contributed by atoms with Crippen LogP contribution >= 0.6 is 0 Å². The van der Waals surface area contributed by atoms with Gasteiger partial charge in [0.05, 0.1) is 12.6 Å². The second kappa shape index (κ2) is 6.43. The predicted molar refractivity (Wildman–Crippen MR) is 75.6 cm³/mol. The minimum atomic E-state index is -0.835. The van der Waals surface area contributed by atoms with E-state index in [4.69, 9.17) is 9.84 Å². The zero-order chi connectivity index (χ0) is 15.5. The van der Waals surface area contributed by atoms with Crippen molar-refractivity contribution in [3.05, 3.63) is 0 Å². The maximum absolute atomic E-state index is 12.2. The third-order valence-corrected chi connectivity index (χ3v) is 3.26. The van der Waals surface area contributed by atoms with Gasteiger partial charge in [0.1, 0.15) is 5.60 Å². The number of aliphatic carboxylic acids is 1. The molecule has 1 heterocycles. The number of rotatable bonds is 3. The number of amides is 1. The first-order valence-corrected chi connectivity index (χ1v) is 7.04. The van der Waals surface area contributed by atoms with E-state index in [2.05, 4.69) is 0 Å². The van der Waals surface area contributed by atoms with Gasteiger partial charge in [0.15, 0.2) is 0 Å². The summed E-state index contributed by atoms with van der Waals surface area (Å²) < 4.78 is 5.43. The molecule has 1 N–H and O–H groups in total. The molecule has 0 radical (unpaired) electrons. The zero-order valence-corrected chi connectivity index (χ0v) is 13.0. The maximum Gasteiger partial charge on any atom is 0.410 e. The Labute approximate surface area is 120 Å². The molecule has 1 amide bonds. The third-order valence-electron chi connectivity index (χ3n) is 3.26. The number of carboxylic acid groups (broad SMARTS) is 1. The summed E-state index contributed by atoms with van der Waals surface area (Å²) in [7, 11) is 0. The molecule has 0 saturated carbocycles. The van der Waals surface area contributed by atoms with Crippen molar-refractivity contribution in [2.75, 3.05) is 26.2 Å². The van der Waals surface area contributed by atoms with E-state index < -0.39 is 11.6 Å². The summed E-state index contributed by atoms with van der Waals surface area (Å²) in [6, 6.07) is -0.0158. The molecular formula is C14H26N2O4. The number of hydrogen-bond donors (Lipinski definition) is 1. The quantitative estimate of drug-likeness (QED) is 0.854. The Morgan fingerprint density at radius 2 is 1.90 bits per heavy atom. The smallest absolute Gasteiger partial charge is 0.410 e. The Hall–Kier alpha value is -1.30. The molecule has 116 valence electrons. The molecule has 6 heteroatoms. The molecule has 0 aliphatic carbocycles. The molecule has 1 fully saturated rings. The van der Waals surface area contributed by atoms with Gasteiger partial charge in [-0.25, -0.2) is 4.79 Å². The standard InChI is InChI=1S/C14H26N2O4/c1-10(2)11-8-15(9-12(17)18)6-7-16(11)13(19)20-14(3,4)5/h10-11H,6-9H2,1-5H3,(H,17,18)/t11-/m1/s1. The van der Waals surface area contributed by atoms with Crippen molar-refractivity contribution in [3.63, 3.8) is 0 Å².